The Morgan fingerprint density at radius 1 is 1.50 bits per heavy atom. The average molecular weight is 368 g/mol. The minimum absolute atomic E-state index is 0.0652. The van der Waals surface area contributed by atoms with Crippen molar-refractivity contribution < 1.29 is 12.8 Å². The van der Waals surface area contributed by atoms with Gasteiger partial charge < -0.3 is 9.73 Å². The first kappa shape index (κ1) is 17.2. The second-order valence-corrected chi connectivity index (χ2v) is 8.05. The fourth-order valence-corrected chi connectivity index (χ4v) is 5.05. The van der Waals surface area contributed by atoms with Crippen LogP contribution in [0.2, 0.25) is 5.02 Å². The second kappa shape index (κ2) is 6.73. The summed E-state index contributed by atoms with van der Waals surface area (Å²) in [7, 11) is -3.83. The van der Waals surface area contributed by atoms with E-state index in [1.54, 1.807) is 25.1 Å². The zero-order valence-corrected chi connectivity index (χ0v) is 14.8. The molecule has 1 unspecified atom stereocenters. The van der Waals surface area contributed by atoms with Crippen molar-refractivity contribution in [3.63, 3.8) is 0 Å². The van der Waals surface area contributed by atoms with E-state index in [1.807, 2.05) is 6.07 Å². The predicted octanol–water partition coefficient (Wildman–Crippen LogP) is 2.66. The number of furan rings is 1. The highest BCUT2D eigenvalue weighted by atomic mass is 35.5. The Labute approximate surface area is 146 Å². The molecule has 0 saturated carbocycles. The van der Waals surface area contributed by atoms with Gasteiger partial charge in [-0.3, -0.25) is 0 Å². The highest BCUT2D eigenvalue weighted by Crippen LogP contribution is 2.33. The van der Waals surface area contributed by atoms with Crippen molar-refractivity contribution in [3.8, 4) is 6.07 Å². The first-order chi connectivity index (χ1) is 11.4. The fourth-order valence-electron chi connectivity index (χ4n) is 3.07. The van der Waals surface area contributed by atoms with Gasteiger partial charge >= 0.3 is 0 Å². The van der Waals surface area contributed by atoms with E-state index in [0.29, 0.717) is 28.1 Å². The van der Waals surface area contributed by atoms with Crippen LogP contribution in [0, 0.1) is 18.3 Å². The summed E-state index contributed by atoms with van der Waals surface area (Å²) in [5.74, 6) is 0. The van der Waals surface area contributed by atoms with Crippen LogP contribution >= 0.6 is 11.6 Å². The van der Waals surface area contributed by atoms with Crippen LogP contribution in [0.15, 0.2) is 27.7 Å². The van der Waals surface area contributed by atoms with Crippen LogP contribution in [-0.4, -0.2) is 38.4 Å². The molecule has 1 N–H and O–H groups in total. The van der Waals surface area contributed by atoms with E-state index in [9.17, 15) is 8.42 Å². The molecular formula is C16H18ClN3O3S. The minimum atomic E-state index is -3.83. The third-order valence-electron chi connectivity index (χ3n) is 4.28. The summed E-state index contributed by atoms with van der Waals surface area (Å²) in [5.41, 5.74) is 1.03. The molecule has 1 aliphatic rings. The van der Waals surface area contributed by atoms with Gasteiger partial charge in [0, 0.05) is 41.5 Å². The number of hydrogen-bond acceptors (Lipinski definition) is 5. The van der Waals surface area contributed by atoms with Crippen molar-refractivity contribution in [2.24, 2.45) is 0 Å². The van der Waals surface area contributed by atoms with Crippen molar-refractivity contribution in [1.29, 1.82) is 5.26 Å². The fraction of sp³-hybridized carbons (Fsp3) is 0.438. The summed E-state index contributed by atoms with van der Waals surface area (Å²) in [5, 5.41) is 13.2. The molecule has 0 bridgehead atoms. The summed E-state index contributed by atoms with van der Waals surface area (Å²) in [6.07, 6.45) is 0.858. The lowest BCUT2D eigenvalue weighted by Gasteiger charge is -2.25. The maximum atomic E-state index is 13.2. The van der Waals surface area contributed by atoms with Crippen molar-refractivity contribution in [3.05, 3.63) is 28.8 Å². The van der Waals surface area contributed by atoms with E-state index < -0.39 is 10.0 Å². The molecule has 0 radical (unpaired) electrons. The number of nitrogens with zero attached hydrogens (tertiary/aromatic N) is 2. The molecule has 6 nitrogen and oxygen atoms in total. The van der Waals surface area contributed by atoms with Crippen molar-refractivity contribution in [1.82, 2.24) is 9.62 Å². The average Bonchev–Trinajstić information content (AvgIpc) is 3.17. The molecule has 1 saturated heterocycles. The lowest BCUT2D eigenvalue weighted by Crippen LogP contribution is -2.42. The lowest BCUT2D eigenvalue weighted by atomic mass is 10.2. The quantitative estimate of drug-likeness (QED) is 0.877. The van der Waals surface area contributed by atoms with Gasteiger partial charge in [-0.15, -0.1) is 0 Å². The smallest absolute Gasteiger partial charge is 0.277 e. The highest BCUT2D eigenvalue weighted by Gasteiger charge is 2.36. The van der Waals surface area contributed by atoms with E-state index in [1.165, 1.54) is 4.31 Å². The molecule has 1 atom stereocenters. The first-order valence-electron chi connectivity index (χ1n) is 7.73. The van der Waals surface area contributed by atoms with Gasteiger partial charge in [0.05, 0.1) is 6.07 Å². The Bertz CT molecular complexity index is 895. The Kier molecular flexibility index (Phi) is 4.83. The number of hydrogen-bond donors (Lipinski definition) is 1. The third kappa shape index (κ3) is 3.03. The maximum Gasteiger partial charge on any atom is 0.277 e. The number of halogens is 1. The van der Waals surface area contributed by atoms with E-state index in [0.717, 1.165) is 13.0 Å². The monoisotopic (exact) mass is 367 g/mol. The predicted molar refractivity (Wildman–Crippen MR) is 91.4 cm³/mol. The second-order valence-electron chi connectivity index (χ2n) is 5.83. The molecule has 2 heterocycles. The molecule has 0 spiro atoms. The Morgan fingerprint density at radius 2 is 2.29 bits per heavy atom. The molecule has 8 heteroatoms. The van der Waals surface area contributed by atoms with Gasteiger partial charge in [0.25, 0.3) is 10.0 Å². The van der Waals surface area contributed by atoms with Crippen molar-refractivity contribution >= 4 is 32.6 Å². The number of fused-ring (bicyclic) bond motifs is 1. The number of benzene rings is 1. The molecule has 0 amide bonds. The van der Waals surface area contributed by atoms with Crippen LogP contribution in [0.25, 0.3) is 11.0 Å². The van der Waals surface area contributed by atoms with Gasteiger partial charge in [0.15, 0.2) is 0 Å². The van der Waals surface area contributed by atoms with E-state index in [-0.39, 0.29) is 24.1 Å². The molecule has 2 aromatic rings. The topological polar surface area (TPSA) is 86.3 Å². The standard InChI is InChI=1S/C16H18ClN3O3S/c1-11-14-9-12(17)3-4-15(14)23-16(11)24(21,22)20(8-2-6-18)13-5-7-19-10-13/h3-4,9,13,19H,2,5,7-8,10H2,1H3. The Hall–Kier alpha value is -1.59. The van der Waals surface area contributed by atoms with Crippen LogP contribution in [-0.2, 0) is 10.0 Å². The van der Waals surface area contributed by atoms with E-state index in [2.05, 4.69) is 5.32 Å². The summed E-state index contributed by atoms with van der Waals surface area (Å²) < 4.78 is 33.4. The van der Waals surface area contributed by atoms with Crippen LogP contribution in [0.1, 0.15) is 18.4 Å². The zero-order valence-electron chi connectivity index (χ0n) is 13.3. The van der Waals surface area contributed by atoms with Crippen LogP contribution in [0.4, 0.5) is 0 Å². The van der Waals surface area contributed by atoms with E-state index >= 15 is 0 Å². The Morgan fingerprint density at radius 3 is 2.96 bits per heavy atom. The van der Waals surface area contributed by atoms with Crippen molar-refractivity contribution in [2.75, 3.05) is 19.6 Å². The molecule has 0 aliphatic carbocycles. The van der Waals surface area contributed by atoms with Gasteiger partial charge in [-0.1, -0.05) is 11.6 Å². The van der Waals surface area contributed by atoms with E-state index in [4.69, 9.17) is 21.3 Å². The van der Waals surface area contributed by atoms with Gasteiger partial charge in [-0.2, -0.15) is 9.57 Å². The van der Waals surface area contributed by atoms with Gasteiger partial charge in [-0.25, -0.2) is 8.42 Å². The summed E-state index contributed by atoms with van der Waals surface area (Å²) in [6.45, 7) is 3.21. The van der Waals surface area contributed by atoms with Crippen LogP contribution < -0.4 is 5.32 Å². The molecule has 128 valence electrons. The number of rotatable bonds is 5. The molecule has 1 aliphatic heterocycles. The highest BCUT2D eigenvalue weighted by molar-refractivity contribution is 7.89. The SMILES string of the molecule is Cc1c(S(=O)(=O)N(CCC#N)C2CCNC2)oc2ccc(Cl)cc12. The van der Waals surface area contributed by atoms with Gasteiger partial charge in [0.1, 0.15) is 5.58 Å². The number of sulfonamides is 1. The normalized spacial score (nSPS) is 18.3. The zero-order chi connectivity index (χ0) is 17.3. The third-order valence-corrected chi connectivity index (χ3v) is 6.47. The van der Waals surface area contributed by atoms with Gasteiger partial charge in [-0.05, 0) is 38.1 Å². The van der Waals surface area contributed by atoms with Gasteiger partial charge in [0.2, 0.25) is 5.09 Å². The summed E-state index contributed by atoms with van der Waals surface area (Å²) >= 11 is 6.00. The number of nitriles is 1. The van der Waals surface area contributed by atoms with Crippen molar-refractivity contribution in [2.45, 2.75) is 30.9 Å². The molecule has 1 fully saturated rings. The molecule has 1 aromatic carbocycles. The summed E-state index contributed by atoms with van der Waals surface area (Å²) in [6, 6.07) is 6.88. The maximum absolute atomic E-state index is 13.2. The molecule has 24 heavy (non-hydrogen) atoms. The summed E-state index contributed by atoms with van der Waals surface area (Å²) in [4.78, 5) is 0. The largest absolute Gasteiger partial charge is 0.443 e. The molecule has 3 rings (SSSR count). The van der Waals surface area contributed by atoms with Crippen LogP contribution in [0.3, 0.4) is 0 Å². The van der Waals surface area contributed by atoms with Crippen LogP contribution in [0.5, 0.6) is 0 Å². The molecular weight excluding hydrogens is 350 g/mol. The molecule has 1 aromatic heterocycles. The minimum Gasteiger partial charge on any atom is -0.443 e. The lowest BCUT2D eigenvalue weighted by molar-refractivity contribution is 0.328. The number of aryl methyl sites for hydroxylation is 1. The first-order valence-corrected chi connectivity index (χ1v) is 9.55. The Balaban J connectivity index is 2.07. The number of nitrogens with one attached hydrogen (secondary N) is 1.